The van der Waals surface area contributed by atoms with Gasteiger partial charge in [0.15, 0.2) is 0 Å². The van der Waals surface area contributed by atoms with Crippen LogP contribution < -0.4 is 0 Å². The normalized spacial score (nSPS) is 10.8. The first-order valence-corrected chi connectivity index (χ1v) is 6.47. The summed E-state index contributed by atoms with van der Waals surface area (Å²) in [4.78, 5) is 0. The lowest BCUT2D eigenvalue weighted by Gasteiger charge is -2.14. The Labute approximate surface area is 115 Å². The van der Waals surface area contributed by atoms with Gasteiger partial charge in [-0.05, 0) is 29.0 Å². The molecule has 0 bridgehead atoms. The van der Waals surface area contributed by atoms with Crippen molar-refractivity contribution in [3.05, 3.63) is 60.2 Å². The highest BCUT2D eigenvalue weighted by atomic mass is 14.4. The molecule has 2 N–H and O–H groups in total. The molecule has 0 amide bonds. The molecule has 0 fully saturated rings. The minimum Gasteiger partial charge on any atom is -0.242 e. The van der Waals surface area contributed by atoms with Gasteiger partial charge in [0.05, 0.1) is 6.01 Å². The molecule has 1 unspecified atom stereocenters. The molecule has 2 nitrogen and oxygen atoms in total. The molecule has 98 valence electrons. The van der Waals surface area contributed by atoms with E-state index in [4.69, 9.17) is 10.8 Å². The third kappa shape index (κ3) is 4.20. The van der Waals surface area contributed by atoms with Gasteiger partial charge in [0.2, 0.25) is 0 Å². The Kier molecular flexibility index (Phi) is 6.28. The van der Waals surface area contributed by atoms with Crippen LogP contribution in [-0.4, -0.2) is 6.01 Å². The molecule has 2 aromatic carbocycles. The number of rotatable bonds is 3. The molecule has 0 radical (unpaired) electrons. The first-order chi connectivity index (χ1) is 9.24. The SMILES string of the molecule is CCC(C)c1ccccc1-c1ccccc1.N=C=N. The van der Waals surface area contributed by atoms with E-state index in [-0.39, 0.29) is 0 Å². The summed E-state index contributed by atoms with van der Waals surface area (Å²) in [6, 6.07) is 20.6. The van der Waals surface area contributed by atoms with Gasteiger partial charge >= 0.3 is 0 Å². The average molecular weight is 252 g/mol. The standard InChI is InChI=1S/C16H18.CH2N2/c1-3-13(2)15-11-7-8-12-16(15)14-9-5-4-6-10-14;2-1-3/h4-13H,3H2,1-2H3;2-3H. The molecule has 0 spiro atoms. The maximum absolute atomic E-state index is 5.62. The first kappa shape index (κ1) is 14.9. The molecule has 0 saturated heterocycles. The van der Waals surface area contributed by atoms with Crippen molar-refractivity contribution >= 4 is 6.01 Å². The lowest BCUT2D eigenvalue weighted by atomic mass is 9.90. The summed E-state index contributed by atoms with van der Waals surface area (Å²) in [5.74, 6) is 0.622. The molecule has 1 atom stereocenters. The Hall–Kier alpha value is -2.18. The molecular formula is C17H20N2. The second-order valence-electron chi connectivity index (χ2n) is 4.39. The molecule has 0 aliphatic carbocycles. The van der Waals surface area contributed by atoms with Crippen LogP contribution in [0.4, 0.5) is 0 Å². The fraction of sp³-hybridized carbons (Fsp3) is 0.235. The van der Waals surface area contributed by atoms with Crippen molar-refractivity contribution in [2.45, 2.75) is 26.2 Å². The Bertz CT molecular complexity index is 526. The van der Waals surface area contributed by atoms with Crippen LogP contribution in [0.2, 0.25) is 0 Å². The number of hydrogen-bond donors (Lipinski definition) is 2. The van der Waals surface area contributed by atoms with Crippen LogP contribution in [-0.2, 0) is 0 Å². The van der Waals surface area contributed by atoms with Gasteiger partial charge in [-0.1, -0.05) is 68.4 Å². The van der Waals surface area contributed by atoms with Crippen molar-refractivity contribution in [3.8, 4) is 11.1 Å². The highest BCUT2D eigenvalue weighted by molar-refractivity contribution is 5.67. The summed E-state index contributed by atoms with van der Waals surface area (Å²) >= 11 is 0. The van der Waals surface area contributed by atoms with Gasteiger partial charge < -0.3 is 0 Å². The van der Waals surface area contributed by atoms with Crippen LogP contribution in [0.1, 0.15) is 31.7 Å². The summed E-state index contributed by atoms with van der Waals surface area (Å²) in [5.41, 5.74) is 4.15. The van der Waals surface area contributed by atoms with Crippen molar-refractivity contribution in [1.29, 1.82) is 10.8 Å². The second kappa shape index (κ2) is 8.02. The molecular weight excluding hydrogens is 232 g/mol. The Morgan fingerprint density at radius 2 is 1.47 bits per heavy atom. The molecule has 0 aromatic heterocycles. The van der Waals surface area contributed by atoms with Crippen molar-refractivity contribution < 1.29 is 0 Å². The highest BCUT2D eigenvalue weighted by Gasteiger charge is 2.09. The van der Waals surface area contributed by atoms with Gasteiger partial charge in [-0.15, -0.1) is 0 Å². The summed E-state index contributed by atoms with van der Waals surface area (Å²) in [5, 5.41) is 11.2. The van der Waals surface area contributed by atoms with Crippen molar-refractivity contribution in [2.24, 2.45) is 0 Å². The second-order valence-corrected chi connectivity index (χ2v) is 4.39. The maximum atomic E-state index is 5.62. The third-order valence-corrected chi connectivity index (χ3v) is 3.19. The molecule has 2 aromatic rings. The molecule has 2 rings (SSSR count). The molecule has 0 saturated carbocycles. The van der Waals surface area contributed by atoms with E-state index < -0.39 is 0 Å². The molecule has 0 heterocycles. The zero-order chi connectivity index (χ0) is 14.1. The van der Waals surface area contributed by atoms with E-state index in [1.165, 1.54) is 29.1 Å². The maximum Gasteiger partial charge on any atom is 0.0831 e. The first-order valence-electron chi connectivity index (χ1n) is 6.47. The van der Waals surface area contributed by atoms with Crippen LogP contribution in [0, 0.1) is 10.8 Å². The minimum absolute atomic E-state index is 0.622. The molecule has 0 aliphatic rings. The van der Waals surface area contributed by atoms with E-state index in [0.29, 0.717) is 5.92 Å². The number of hydrogen-bond acceptors (Lipinski definition) is 2. The molecule has 0 aliphatic heterocycles. The van der Waals surface area contributed by atoms with Crippen LogP contribution in [0.5, 0.6) is 0 Å². The summed E-state index contributed by atoms with van der Waals surface area (Å²) in [6.07, 6.45) is 1.18. The number of benzene rings is 2. The van der Waals surface area contributed by atoms with Gasteiger partial charge in [-0.2, -0.15) is 0 Å². The quantitative estimate of drug-likeness (QED) is 0.707. The van der Waals surface area contributed by atoms with Crippen LogP contribution in [0.3, 0.4) is 0 Å². The van der Waals surface area contributed by atoms with Crippen LogP contribution in [0.25, 0.3) is 11.1 Å². The van der Waals surface area contributed by atoms with Gasteiger partial charge in [0.1, 0.15) is 0 Å². The Morgan fingerprint density at radius 1 is 0.947 bits per heavy atom. The highest BCUT2D eigenvalue weighted by Crippen LogP contribution is 2.30. The van der Waals surface area contributed by atoms with E-state index in [1.807, 2.05) is 0 Å². The van der Waals surface area contributed by atoms with Gasteiger partial charge in [-0.25, -0.2) is 10.8 Å². The fourth-order valence-electron chi connectivity index (χ4n) is 2.03. The smallest absolute Gasteiger partial charge is 0.0831 e. The Morgan fingerprint density at radius 3 is 2.05 bits per heavy atom. The van der Waals surface area contributed by atoms with Crippen molar-refractivity contribution in [3.63, 3.8) is 0 Å². The van der Waals surface area contributed by atoms with Crippen molar-refractivity contribution in [2.75, 3.05) is 0 Å². The van der Waals surface area contributed by atoms with E-state index in [9.17, 15) is 0 Å². The molecule has 19 heavy (non-hydrogen) atoms. The largest absolute Gasteiger partial charge is 0.242 e. The van der Waals surface area contributed by atoms with E-state index in [1.54, 1.807) is 0 Å². The van der Waals surface area contributed by atoms with Crippen LogP contribution in [0.15, 0.2) is 54.6 Å². The van der Waals surface area contributed by atoms with Gasteiger partial charge in [0.25, 0.3) is 0 Å². The van der Waals surface area contributed by atoms with E-state index >= 15 is 0 Å². The summed E-state index contributed by atoms with van der Waals surface area (Å²) in [6.45, 7) is 4.54. The number of nitrogens with one attached hydrogen (secondary N) is 2. The zero-order valence-corrected chi connectivity index (χ0v) is 11.5. The fourth-order valence-corrected chi connectivity index (χ4v) is 2.03. The monoisotopic (exact) mass is 252 g/mol. The van der Waals surface area contributed by atoms with Crippen LogP contribution >= 0.6 is 0 Å². The van der Waals surface area contributed by atoms with Gasteiger partial charge in [0, 0.05) is 0 Å². The third-order valence-electron chi connectivity index (χ3n) is 3.19. The lowest BCUT2D eigenvalue weighted by Crippen LogP contribution is -1.94. The summed E-state index contributed by atoms with van der Waals surface area (Å²) in [7, 11) is 0. The van der Waals surface area contributed by atoms with E-state index in [0.717, 1.165) is 0 Å². The topological polar surface area (TPSA) is 47.7 Å². The predicted octanol–water partition coefficient (Wildman–Crippen LogP) is 5.18. The predicted molar refractivity (Wildman–Crippen MR) is 81.0 cm³/mol. The van der Waals surface area contributed by atoms with Crippen molar-refractivity contribution in [1.82, 2.24) is 0 Å². The zero-order valence-electron chi connectivity index (χ0n) is 11.5. The lowest BCUT2D eigenvalue weighted by molar-refractivity contribution is 0.735. The Balaban J connectivity index is 0.000000550. The van der Waals surface area contributed by atoms with E-state index in [2.05, 4.69) is 68.4 Å². The molecule has 2 heteroatoms. The summed E-state index contributed by atoms with van der Waals surface area (Å²) < 4.78 is 0. The average Bonchev–Trinajstić information content (AvgIpc) is 2.48. The van der Waals surface area contributed by atoms with Gasteiger partial charge in [-0.3, -0.25) is 0 Å². The minimum atomic E-state index is 0.622.